The second kappa shape index (κ2) is 8.92. The highest BCUT2D eigenvalue weighted by Gasteiger charge is 2.17. The number of aliphatic hydroxyl groups is 1. The predicted octanol–water partition coefficient (Wildman–Crippen LogP) is 2.78. The summed E-state index contributed by atoms with van der Waals surface area (Å²) in [7, 11) is -2.88. The standard InChI is InChI=1S/C13H28O3S/c1-4-7-9-12(5-2)13(14)10-8-11-17(15,16)6-3/h12-14H,4-11H2,1-3H3. The van der Waals surface area contributed by atoms with Crippen LogP contribution in [-0.4, -0.2) is 31.1 Å². The molecular formula is C13H28O3S. The molecule has 0 heterocycles. The third-order valence-corrected chi connectivity index (χ3v) is 5.18. The smallest absolute Gasteiger partial charge is 0.150 e. The molecule has 0 aromatic carbocycles. The lowest BCUT2D eigenvalue weighted by Crippen LogP contribution is -2.21. The van der Waals surface area contributed by atoms with E-state index in [0.29, 0.717) is 18.8 Å². The number of rotatable bonds is 10. The SMILES string of the molecule is CCCCC(CC)C(O)CCCS(=O)(=O)CC. The van der Waals surface area contributed by atoms with Crippen molar-refractivity contribution in [3.63, 3.8) is 0 Å². The number of hydrogen-bond acceptors (Lipinski definition) is 3. The Hall–Kier alpha value is -0.0900. The second-order valence-electron chi connectivity index (χ2n) is 4.76. The highest BCUT2D eigenvalue weighted by atomic mass is 32.2. The van der Waals surface area contributed by atoms with Gasteiger partial charge in [0.25, 0.3) is 0 Å². The molecule has 0 saturated carbocycles. The molecule has 104 valence electrons. The molecule has 0 fully saturated rings. The molecule has 0 amide bonds. The van der Waals surface area contributed by atoms with Gasteiger partial charge in [-0.2, -0.15) is 0 Å². The summed E-state index contributed by atoms with van der Waals surface area (Å²) in [5.74, 6) is 0.750. The number of hydrogen-bond donors (Lipinski definition) is 1. The van der Waals surface area contributed by atoms with E-state index in [1.165, 1.54) is 0 Å². The summed E-state index contributed by atoms with van der Waals surface area (Å²) in [5.41, 5.74) is 0. The topological polar surface area (TPSA) is 54.4 Å². The van der Waals surface area contributed by atoms with E-state index in [4.69, 9.17) is 0 Å². The average molecular weight is 264 g/mol. The first-order valence-corrected chi connectivity index (χ1v) is 8.67. The lowest BCUT2D eigenvalue weighted by molar-refractivity contribution is 0.0897. The van der Waals surface area contributed by atoms with Crippen LogP contribution in [0.5, 0.6) is 0 Å². The third-order valence-electron chi connectivity index (χ3n) is 3.39. The number of unbranched alkanes of at least 4 members (excludes halogenated alkanes) is 1. The third kappa shape index (κ3) is 7.77. The van der Waals surface area contributed by atoms with Gasteiger partial charge in [0, 0.05) is 5.75 Å². The van der Waals surface area contributed by atoms with Crippen LogP contribution in [0.3, 0.4) is 0 Å². The molecule has 0 spiro atoms. The molecule has 0 rings (SSSR count). The molecule has 0 aliphatic carbocycles. The van der Waals surface area contributed by atoms with Crippen LogP contribution in [0.25, 0.3) is 0 Å². The lowest BCUT2D eigenvalue weighted by Gasteiger charge is -2.21. The van der Waals surface area contributed by atoms with Crippen molar-refractivity contribution < 1.29 is 13.5 Å². The Balaban J connectivity index is 3.94. The van der Waals surface area contributed by atoms with E-state index < -0.39 is 9.84 Å². The summed E-state index contributed by atoms with van der Waals surface area (Å²) in [5, 5.41) is 10.0. The fourth-order valence-corrected chi connectivity index (χ4v) is 2.92. The van der Waals surface area contributed by atoms with E-state index >= 15 is 0 Å². The fraction of sp³-hybridized carbons (Fsp3) is 1.00. The number of aliphatic hydroxyl groups excluding tert-OH is 1. The zero-order valence-corrected chi connectivity index (χ0v) is 12.3. The Morgan fingerprint density at radius 1 is 1.06 bits per heavy atom. The first kappa shape index (κ1) is 16.9. The van der Waals surface area contributed by atoms with E-state index in [9.17, 15) is 13.5 Å². The van der Waals surface area contributed by atoms with Crippen LogP contribution in [0.2, 0.25) is 0 Å². The summed E-state index contributed by atoms with van der Waals surface area (Å²) < 4.78 is 22.6. The Bertz CT molecular complexity index is 272. The summed E-state index contributed by atoms with van der Waals surface area (Å²) in [6.45, 7) is 5.90. The van der Waals surface area contributed by atoms with Crippen LogP contribution in [0.15, 0.2) is 0 Å². The predicted molar refractivity (Wildman–Crippen MR) is 72.9 cm³/mol. The highest BCUT2D eigenvalue weighted by Crippen LogP contribution is 2.20. The van der Waals surface area contributed by atoms with Crippen LogP contribution >= 0.6 is 0 Å². The first-order chi connectivity index (χ1) is 7.96. The Morgan fingerprint density at radius 3 is 2.18 bits per heavy atom. The maximum Gasteiger partial charge on any atom is 0.150 e. The first-order valence-electron chi connectivity index (χ1n) is 6.85. The van der Waals surface area contributed by atoms with E-state index in [-0.39, 0.29) is 17.6 Å². The van der Waals surface area contributed by atoms with Crippen molar-refractivity contribution >= 4 is 9.84 Å². The van der Waals surface area contributed by atoms with Gasteiger partial charge in [-0.05, 0) is 25.2 Å². The van der Waals surface area contributed by atoms with Crippen molar-refractivity contribution in [2.24, 2.45) is 5.92 Å². The molecule has 3 nitrogen and oxygen atoms in total. The Labute approximate surface area is 107 Å². The van der Waals surface area contributed by atoms with E-state index in [0.717, 1.165) is 25.7 Å². The van der Waals surface area contributed by atoms with E-state index in [2.05, 4.69) is 13.8 Å². The molecule has 0 saturated heterocycles. The Kier molecular flexibility index (Phi) is 8.88. The maximum atomic E-state index is 11.3. The van der Waals surface area contributed by atoms with Gasteiger partial charge < -0.3 is 5.11 Å². The van der Waals surface area contributed by atoms with Crippen molar-refractivity contribution in [3.8, 4) is 0 Å². The van der Waals surface area contributed by atoms with Gasteiger partial charge in [-0.1, -0.05) is 40.0 Å². The van der Waals surface area contributed by atoms with Crippen LogP contribution in [-0.2, 0) is 9.84 Å². The minimum Gasteiger partial charge on any atom is -0.393 e. The van der Waals surface area contributed by atoms with Crippen molar-refractivity contribution in [2.45, 2.75) is 65.4 Å². The molecule has 0 bridgehead atoms. The van der Waals surface area contributed by atoms with Gasteiger partial charge >= 0.3 is 0 Å². The molecule has 2 unspecified atom stereocenters. The summed E-state index contributed by atoms with van der Waals surface area (Å²) in [4.78, 5) is 0. The van der Waals surface area contributed by atoms with Crippen molar-refractivity contribution in [1.82, 2.24) is 0 Å². The average Bonchev–Trinajstić information content (AvgIpc) is 2.30. The van der Waals surface area contributed by atoms with Crippen LogP contribution in [0.4, 0.5) is 0 Å². The molecule has 0 aliphatic rings. The van der Waals surface area contributed by atoms with Crippen LogP contribution < -0.4 is 0 Å². The fourth-order valence-electron chi connectivity index (χ4n) is 2.03. The summed E-state index contributed by atoms with van der Waals surface area (Å²) in [6.07, 6.45) is 5.17. The minimum atomic E-state index is -2.88. The maximum absolute atomic E-state index is 11.3. The minimum absolute atomic E-state index is 0.205. The van der Waals surface area contributed by atoms with Gasteiger partial charge in [0.1, 0.15) is 9.84 Å². The van der Waals surface area contributed by atoms with Gasteiger partial charge in [0.2, 0.25) is 0 Å². The van der Waals surface area contributed by atoms with Crippen LogP contribution in [0, 0.1) is 5.92 Å². The zero-order valence-electron chi connectivity index (χ0n) is 11.5. The van der Waals surface area contributed by atoms with Gasteiger partial charge in [0.05, 0.1) is 11.9 Å². The van der Waals surface area contributed by atoms with Crippen molar-refractivity contribution in [1.29, 1.82) is 0 Å². The zero-order chi connectivity index (χ0) is 13.3. The van der Waals surface area contributed by atoms with E-state index in [1.54, 1.807) is 6.92 Å². The Morgan fingerprint density at radius 2 is 1.71 bits per heavy atom. The highest BCUT2D eigenvalue weighted by molar-refractivity contribution is 7.91. The number of sulfone groups is 1. The quantitative estimate of drug-likeness (QED) is 0.660. The van der Waals surface area contributed by atoms with Gasteiger partial charge in [-0.3, -0.25) is 0 Å². The van der Waals surface area contributed by atoms with Crippen molar-refractivity contribution in [3.05, 3.63) is 0 Å². The molecular weight excluding hydrogens is 236 g/mol. The molecule has 0 radical (unpaired) electrons. The molecule has 17 heavy (non-hydrogen) atoms. The summed E-state index contributed by atoms with van der Waals surface area (Å²) in [6, 6.07) is 0. The monoisotopic (exact) mass is 264 g/mol. The molecule has 0 aromatic heterocycles. The van der Waals surface area contributed by atoms with Crippen molar-refractivity contribution in [2.75, 3.05) is 11.5 Å². The largest absolute Gasteiger partial charge is 0.393 e. The van der Waals surface area contributed by atoms with Gasteiger partial charge in [-0.15, -0.1) is 0 Å². The second-order valence-corrected chi connectivity index (χ2v) is 7.23. The molecule has 0 aromatic rings. The molecule has 4 heteroatoms. The lowest BCUT2D eigenvalue weighted by atomic mass is 9.91. The van der Waals surface area contributed by atoms with E-state index in [1.807, 2.05) is 0 Å². The van der Waals surface area contributed by atoms with Gasteiger partial charge in [-0.25, -0.2) is 8.42 Å². The summed E-state index contributed by atoms with van der Waals surface area (Å²) >= 11 is 0. The van der Waals surface area contributed by atoms with Crippen LogP contribution in [0.1, 0.15) is 59.3 Å². The normalized spacial score (nSPS) is 15.8. The molecule has 1 N–H and O–H groups in total. The molecule has 2 atom stereocenters. The van der Waals surface area contributed by atoms with Gasteiger partial charge in [0.15, 0.2) is 0 Å². The molecule has 0 aliphatic heterocycles.